The van der Waals surface area contributed by atoms with E-state index >= 15 is 0 Å². The first-order valence-corrected chi connectivity index (χ1v) is 6.70. The molecule has 0 atom stereocenters. The lowest BCUT2D eigenvalue weighted by Crippen LogP contribution is -2.36. The highest BCUT2D eigenvalue weighted by molar-refractivity contribution is 5.95. The highest BCUT2D eigenvalue weighted by atomic mass is 16.2. The molecule has 0 saturated carbocycles. The molecule has 2 rings (SSSR count). The first kappa shape index (κ1) is 13.6. The van der Waals surface area contributed by atoms with Gasteiger partial charge < -0.3 is 14.8 Å². The average molecular weight is 263 g/mol. The minimum Gasteiger partial charge on any atom is -0.362 e. The number of carbonyl (C=O) groups is 2. The van der Waals surface area contributed by atoms with E-state index in [2.05, 4.69) is 4.98 Å². The number of amides is 2. The van der Waals surface area contributed by atoms with Gasteiger partial charge in [0.1, 0.15) is 0 Å². The van der Waals surface area contributed by atoms with Crippen LogP contribution in [-0.2, 0) is 4.79 Å². The predicted octanol–water partition coefficient (Wildman–Crippen LogP) is 1.33. The van der Waals surface area contributed by atoms with Crippen LogP contribution in [-0.4, -0.2) is 52.8 Å². The molecule has 1 saturated heterocycles. The van der Waals surface area contributed by atoms with E-state index in [1.807, 2.05) is 29.7 Å². The van der Waals surface area contributed by atoms with E-state index in [-0.39, 0.29) is 11.8 Å². The zero-order valence-corrected chi connectivity index (χ0v) is 11.8. The Balaban J connectivity index is 2.08. The Kier molecular flexibility index (Phi) is 3.93. The lowest BCUT2D eigenvalue weighted by molar-refractivity contribution is -0.128. The zero-order valence-electron chi connectivity index (χ0n) is 11.8. The summed E-state index contributed by atoms with van der Waals surface area (Å²) in [5.74, 6) is 0.148. The summed E-state index contributed by atoms with van der Waals surface area (Å²) in [6.45, 7) is 8.14. The molecule has 0 bridgehead atoms. The van der Waals surface area contributed by atoms with E-state index in [9.17, 15) is 9.59 Å². The number of nitrogens with one attached hydrogen (secondary N) is 1. The number of H-pyrrole nitrogens is 1. The van der Waals surface area contributed by atoms with Crippen molar-refractivity contribution in [1.29, 1.82) is 0 Å². The fourth-order valence-electron chi connectivity index (χ4n) is 2.55. The molecule has 1 fully saturated rings. The number of hydrogen-bond donors (Lipinski definition) is 1. The standard InChI is InChI=1S/C14H21N3O2/c1-10-9-13(11(2)15-10)14(19)17-6-4-5-16(7-8-17)12(3)18/h9,15H,4-8H2,1-3H3. The summed E-state index contributed by atoms with van der Waals surface area (Å²) >= 11 is 0. The maximum Gasteiger partial charge on any atom is 0.255 e. The number of nitrogens with zero attached hydrogens (tertiary/aromatic N) is 2. The summed E-state index contributed by atoms with van der Waals surface area (Å²) < 4.78 is 0. The molecule has 0 spiro atoms. The van der Waals surface area contributed by atoms with Crippen molar-refractivity contribution in [2.75, 3.05) is 26.2 Å². The Morgan fingerprint density at radius 2 is 1.74 bits per heavy atom. The Morgan fingerprint density at radius 1 is 1.11 bits per heavy atom. The Hall–Kier alpha value is -1.78. The van der Waals surface area contributed by atoms with Gasteiger partial charge in [0, 0.05) is 44.5 Å². The SMILES string of the molecule is CC(=O)N1CCCN(C(=O)c2cc(C)[nH]c2C)CC1. The van der Waals surface area contributed by atoms with Gasteiger partial charge in [0.2, 0.25) is 5.91 Å². The molecule has 0 unspecified atom stereocenters. The summed E-state index contributed by atoms with van der Waals surface area (Å²) in [4.78, 5) is 30.7. The van der Waals surface area contributed by atoms with Gasteiger partial charge in [-0.2, -0.15) is 0 Å². The molecular weight excluding hydrogens is 242 g/mol. The lowest BCUT2D eigenvalue weighted by Gasteiger charge is -2.21. The second kappa shape index (κ2) is 5.47. The van der Waals surface area contributed by atoms with Crippen molar-refractivity contribution < 1.29 is 9.59 Å². The quantitative estimate of drug-likeness (QED) is 0.831. The van der Waals surface area contributed by atoms with Gasteiger partial charge >= 0.3 is 0 Å². The first-order valence-electron chi connectivity index (χ1n) is 6.70. The summed E-state index contributed by atoms with van der Waals surface area (Å²) in [6, 6.07) is 1.89. The van der Waals surface area contributed by atoms with Gasteiger partial charge in [0.05, 0.1) is 5.56 Å². The van der Waals surface area contributed by atoms with E-state index < -0.39 is 0 Å². The molecule has 0 aliphatic carbocycles. The van der Waals surface area contributed by atoms with E-state index in [1.165, 1.54) is 0 Å². The molecule has 5 heteroatoms. The van der Waals surface area contributed by atoms with Gasteiger partial charge in [-0.1, -0.05) is 0 Å². The summed E-state index contributed by atoms with van der Waals surface area (Å²) in [7, 11) is 0. The van der Waals surface area contributed by atoms with Gasteiger partial charge in [-0.15, -0.1) is 0 Å². The molecule has 2 heterocycles. The van der Waals surface area contributed by atoms with Gasteiger partial charge in [-0.25, -0.2) is 0 Å². The minimum atomic E-state index is 0.0623. The highest BCUT2D eigenvalue weighted by Crippen LogP contribution is 2.14. The molecule has 1 aromatic rings. The van der Waals surface area contributed by atoms with Gasteiger partial charge in [0.25, 0.3) is 5.91 Å². The van der Waals surface area contributed by atoms with Crippen molar-refractivity contribution in [3.8, 4) is 0 Å². The third-order valence-electron chi connectivity index (χ3n) is 3.61. The molecule has 104 valence electrons. The fourth-order valence-corrected chi connectivity index (χ4v) is 2.55. The normalized spacial score (nSPS) is 16.4. The van der Waals surface area contributed by atoms with Crippen molar-refractivity contribution in [2.45, 2.75) is 27.2 Å². The summed E-state index contributed by atoms with van der Waals surface area (Å²) in [5, 5.41) is 0. The monoisotopic (exact) mass is 263 g/mol. The van der Waals surface area contributed by atoms with Gasteiger partial charge in [0.15, 0.2) is 0 Å². The molecule has 19 heavy (non-hydrogen) atoms. The third-order valence-corrected chi connectivity index (χ3v) is 3.61. The van der Waals surface area contributed by atoms with E-state index in [4.69, 9.17) is 0 Å². The number of aryl methyl sites for hydroxylation is 2. The Labute approximate surface area is 113 Å². The van der Waals surface area contributed by atoms with Crippen LogP contribution in [0.4, 0.5) is 0 Å². The van der Waals surface area contributed by atoms with E-state index in [0.717, 1.165) is 29.9 Å². The summed E-state index contributed by atoms with van der Waals surface area (Å²) in [6.07, 6.45) is 0.841. The van der Waals surface area contributed by atoms with Crippen molar-refractivity contribution >= 4 is 11.8 Å². The van der Waals surface area contributed by atoms with Crippen molar-refractivity contribution in [3.63, 3.8) is 0 Å². The van der Waals surface area contributed by atoms with Crippen LogP contribution in [0.25, 0.3) is 0 Å². The average Bonchev–Trinajstić information content (AvgIpc) is 2.57. The van der Waals surface area contributed by atoms with Gasteiger partial charge in [-0.05, 0) is 26.3 Å². The number of aromatic amines is 1. The predicted molar refractivity (Wildman–Crippen MR) is 73.0 cm³/mol. The van der Waals surface area contributed by atoms with Crippen LogP contribution in [0.1, 0.15) is 35.1 Å². The number of rotatable bonds is 1. The van der Waals surface area contributed by atoms with Crippen LogP contribution in [0.2, 0.25) is 0 Å². The third kappa shape index (κ3) is 2.97. The second-order valence-electron chi connectivity index (χ2n) is 5.14. The second-order valence-corrected chi connectivity index (χ2v) is 5.14. The maximum absolute atomic E-state index is 12.5. The first-order chi connectivity index (χ1) is 8.99. The van der Waals surface area contributed by atoms with Gasteiger partial charge in [-0.3, -0.25) is 9.59 Å². The largest absolute Gasteiger partial charge is 0.362 e. The summed E-state index contributed by atoms with van der Waals surface area (Å²) in [5.41, 5.74) is 2.66. The van der Waals surface area contributed by atoms with Crippen LogP contribution in [0.3, 0.4) is 0 Å². The number of hydrogen-bond acceptors (Lipinski definition) is 2. The lowest BCUT2D eigenvalue weighted by atomic mass is 10.2. The molecule has 2 amide bonds. The number of carbonyl (C=O) groups excluding carboxylic acids is 2. The molecule has 0 aromatic carbocycles. The van der Waals surface area contributed by atoms with Crippen molar-refractivity contribution in [2.24, 2.45) is 0 Å². The molecule has 5 nitrogen and oxygen atoms in total. The molecule has 0 radical (unpaired) electrons. The smallest absolute Gasteiger partial charge is 0.255 e. The van der Waals surface area contributed by atoms with Crippen LogP contribution in [0, 0.1) is 13.8 Å². The van der Waals surface area contributed by atoms with E-state index in [1.54, 1.807) is 6.92 Å². The molecule has 1 aromatic heterocycles. The van der Waals surface area contributed by atoms with E-state index in [0.29, 0.717) is 19.6 Å². The fraction of sp³-hybridized carbons (Fsp3) is 0.571. The Morgan fingerprint density at radius 3 is 2.32 bits per heavy atom. The zero-order chi connectivity index (χ0) is 14.0. The number of aromatic nitrogens is 1. The maximum atomic E-state index is 12.5. The van der Waals surface area contributed by atoms with Crippen molar-refractivity contribution in [1.82, 2.24) is 14.8 Å². The Bertz CT molecular complexity index is 493. The van der Waals surface area contributed by atoms with Crippen LogP contribution in [0.5, 0.6) is 0 Å². The van der Waals surface area contributed by atoms with Crippen LogP contribution >= 0.6 is 0 Å². The van der Waals surface area contributed by atoms with Crippen LogP contribution < -0.4 is 0 Å². The van der Waals surface area contributed by atoms with Crippen LogP contribution in [0.15, 0.2) is 6.07 Å². The molecule has 1 aliphatic rings. The molecular formula is C14H21N3O2. The topological polar surface area (TPSA) is 56.4 Å². The molecule has 1 aliphatic heterocycles. The van der Waals surface area contributed by atoms with Crippen molar-refractivity contribution in [3.05, 3.63) is 23.0 Å². The minimum absolute atomic E-state index is 0.0623. The highest BCUT2D eigenvalue weighted by Gasteiger charge is 2.22. The molecule has 1 N–H and O–H groups in total.